The van der Waals surface area contributed by atoms with Crippen molar-refractivity contribution in [3.63, 3.8) is 0 Å². The van der Waals surface area contributed by atoms with Crippen LogP contribution in [-0.2, 0) is 14.8 Å². The highest BCUT2D eigenvalue weighted by molar-refractivity contribution is 7.89. The summed E-state index contributed by atoms with van der Waals surface area (Å²) in [4.78, 5) is 11.9. The largest absolute Gasteiger partial charge is 0.352 e. The molecule has 0 radical (unpaired) electrons. The van der Waals surface area contributed by atoms with E-state index in [1.54, 1.807) is 12.1 Å². The lowest BCUT2D eigenvalue weighted by molar-refractivity contribution is -0.121. The minimum atomic E-state index is -3.64. The zero-order valence-corrected chi connectivity index (χ0v) is 13.7. The first kappa shape index (κ1) is 17.2. The van der Waals surface area contributed by atoms with Crippen LogP contribution in [0.4, 0.5) is 0 Å². The van der Waals surface area contributed by atoms with Gasteiger partial charge in [-0.25, -0.2) is 13.1 Å². The van der Waals surface area contributed by atoms with Gasteiger partial charge in [-0.05, 0) is 37.6 Å². The third kappa shape index (κ3) is 5.24. The molecule has 122 valence electrons. The second-order valence-electron chi connectivity index (χ2n) is 5.22. The number of hydrogen-bond acceptors (Lipinski definition) is 4. The summed E-state index contributed by atoms with van der Waals surface area (Å²) in [7, 11) is -3.64. The Labute approximate surface area is 135 Å². The van der Waals surface area contributed by atoms with Crippen molar-refractivity contribution in [3.8, 4) is 0 Å². The smallest absolute Gasteiger partial charge is 0.240 e. The van der Waals surface area contributed by atoms with Crippen LogP contribution < -0.4 is 15.4 Å². The van der Waals surface area contributed by atoms with Gasteiger partial charge in [-0.3, -0.25) is 4.79 Å². The molecule has 1 amide bonds. The van der Waals surface area contributed by atoms with Crippen molar-refractivity contribution in [2.75, 3.05) is 19.6 Å². The molecule has 1 fully saturated rings. The van der Waals surface area contributed by atoms with Gasteiger partial charge in [0, 0.05) is 30.6 Å². The molecule has 0 aliphatic carbocycles. The van der Waals surface area contributed by atoms with Crippen molar-refractivity contribution in [2.45, 2.75) is 30.2 Å². The van der Waals surface area contributed by atoms with Gasteiger partial charge in [0.1, 0.15) is 0 Å². The van der Waals surface area contributed by atoms with Gasteiger partial charge in [0.15, 0.2) is 0 Å². The van der Waals surface area contributed by atoms with E-state index in [0.717, 1.165) is 25.9 Å². The van der Waals surface area contributed by atoms with E-state index in [9.17, 15) is 13.2 Å². The van der Waals surface area contributed by atoms with Crippen LogP contribution in [0.3, 0.4) is 0 Å². The van der Waals surface area contributed by atoms with E-state index in [1.807, 2.05) is 0 Å². The summed E-state index contributed by atoms with van der Waals surface area (Å²) in [6, 6.07) is 6.14. The summed E-state index contributed by atoms with van der Waals surface area (Å²) < 4.78 is 26.5. The number of amides is 1. The normalized spacial score (nSPS) is 18.9. The average Bonchev–Trinajstić information content (AvgIpc) is 2.48. The summed E-state index contributed by atoms with van der Waals surface area (Å²) in [5, 5.41) is 6.46. The van der Waals surface area contributed by atoms with Crippen LogP contribution >= 0.6 is 11.6 Å². The van der Waals surface area contributed by atoms with E-state index in [4.69, 9.17) is 11.6 Å². The van der Waals surface area contributed by atoms with Crippen LogP contribution in [0, 0.1) is 0 Å². The molecule has 22 heavy (non-hydrogen) atoms. The molecule has 0 bridgehead atoms. The van der Waals surface area contributed by atoms with Crippen molar-refractivity contribution in [3.05, 3.63) is 29.3 Å². The van der Waals surface area contributed by atoms with Crippen molar-refractivity contribution in [1.29, 1.82) is 0 Å². The molecule has 0 saturated carbocycles. The van der Waals surface area contributed by atoms with Crippen LogP contribution in [0.1, 0.15) is 19.3 Å². The Kier molecular flexibility index (Phi) is 6.19. The van der Waals surface area contributed by atoms with Gasteiger partial charge in [0.2, 0.25) is 15.9 Å². The quantitative estimate of drug-likeness (QED) is 0.714. The van der Waals surface area contributed by atoms with Gasteiger partial charge in [-0.1, -0.05) is 17.7 Å². The summed E-state index contributed by atoms with van der Waals surface area (Å²) in [5.41, 5.74) is 0. The highest BCUT2D eigenvalue weighted by atomic mass is 35.5. The van der Waals surface area contributed by atoms with Crippen molar-refractivity contribution < 1.29 is 13.2 Å². The van der Waals surface area contributed by atoms with E-state index in [0.29, 0.717) is 5.02 Å². The number of benzene rings is 1. The van der Waals surface area contributed by atoms with E-state index in [1.165, 1.54) is 12.1 Å². The molecule has 0 aromatic heterocycles. The van der Waals surface area contributed by atoms with Crippen LogP contribution in [0.2, 0.25) is 5.02 Å². The fourth-order valence-corrected chi connectivity index (χ4v) is 3.62. The number of nitrogens with one attached hydrogen (secondary N) is 3. The highest BCUT2D eigenvalue weighted by Crippen LogP contribution is 2.15. The van der Waals surface area contributed by atoms with Crippen LogP contribution in [0.15, 0.2) is 29.2 Å². The number of carbonyl (C=O) groups is 1. The molecule has 0 spiro atoms. The number of rotatable bonds is 6. The first-order valence-electron chi connectivity index (χ1n) is 7.23. The Morgan fingerprint density at radius 1 is 1.41 bits per heavy atom. The number of hydrogen-bond donors (Lipinski definition) is 3. The Morgan fingerprint density at radius 2 is 2.23 bits per heavy atom. The average molecular weight is 346 g/mol. The monoisotopic (exact) mass is 345 g/mol. The Balaban J connectivity index is 1.78. The number of carbonyl (C=O) groups excluding carboxylic acids is 1. The second kappa shape index (κ2) is 7.92. The highest BCUT2D eigenvalue weighted by Gasteiger charge is 2.17. The molecule has 1 atom stereocenters. The molecule has 6 nitrogen and oxygen atoms in total. The fourth-order valence-electron chi connectivity index (χ4n) is 2.29. The van der Waals surface area contributed by atoms with E-state index in [-0.39, 0.29) is 29.8 Å². The van der Waals surface area contributed by atoms with Crippen LogP contribution in [-0.4, -0.2) is 40.0 Å². The van der Waals surface area contributed by atoms with Crippen LogP contribution in [0.5, 0.6) is 0 Å². The lowest BCUT2D eigenvalue weighted by atomic mass is 10.1. The predicted molar refractivity (Wildman–Crippen MR) is 85.3 cm³/mol. The molecule has 8 heteroatoms. The molecule has 3 N–H and O–H groups in total. The molecular weight excluding hydrogens is 326 g/mol. The minimum absolute atomic E-state index is 0.0564. The van der Waals surface area contributed by atoms with E-state index in [2.05, 4.69) is 15.4 Å². The van der Waals surface area contributed by atoms with E-state index < -0.39 is 10.0 Å². The molecular formula is C14H20ClN3O3S. The summed E-state index contributed by atoms with van der Waals surface area (Å²) in [6.07, 6.45) is 2.09. The standard InChI is InChI=1S/C14H20ClN3O3S/c15-11-3-1-5-13(9-11)22(20,21)17-8-6-14(19)18-12-4-2-7-16-10-12/h1,3,5,9,12,16-17H,2,4,6-8,10H2,(H,18,19)/t12-/m0/s1. The topological polar surface area (TPSA) is 87.3 Å². The molecule has 1 aromatic carbocycles. The Morgan fingerprint density at radius 3 is 2.91 bits per heavy atom. The minimum Gasteiger partial charge on any atom is -0.352 e. The molecule has 1 heterocycles. The van der Waals surface area contributed by atoms with Crippen LogP contribution in [0.25, 0.3) is 0 Å². The third-order valence-corrected chi connectivity index (χ3v) is 5.11. The molecule has 2 rings (SSSR count). The van der Waals surface area contributed by atoms with Crippen molar-refractivity contribution in [2.24, 2.45) is 0 Å². The fraction of sp³-hybridized carbons (Fsp3) is 0.500. The van der Waals surface area contributed by atoms with Gasteiger partial charge in [-0.2, -0.15) is 0 Å². The maximum Gasteiger partial charge on any atom is 0.240 e. The van der Waals surface area contributed by atoms with Gasteiger partial charge in [0.25, 0.3) is 0 Å². The molecule has 1 saturated heterocycles. The van der Waals surface area contributed by atoms with Gasteiger partial charge in [0.05, 0.1) is 4.90 Å². The summed E-state index contributed by atoms with van der Waals surface area (Å²) >= 11 is 5.78. The first-order valence-corrected chi connectivity index (χ1v) is 9.09. The Hall–Kier alpha value is -1.15. The third-order valence-electron chi connectivity index (χ3n) is 3.41. The summed E-state index contributed by atoms with van der Waals surface area (Å²) in [5.74, 6) is -0.150. The van der Waals surface area contributed by atoms with E-state index >= 15 is 0 Å². The zero-order valence-electron chi connectivity index (χ0n) is 12.1. The van der Waals surface area contributed by atoms with Gasteiger partial charge in [-0.15, -0.1) is 0 Å². The Bertz CT molecular complexity index is 616. The van der Waals surface area contributed by atoms with Gasteiger partial charge >= 0.3 is 0 Å². The molecule has 1 aromatic rings. The molecule has 1 aliphatic rings. The number of halogens is 1. The lowest BCUT2D eigenvalue weighted by Gasteiger charge is -2.23. The number of piperidine rings is 1. The zero-order chi connectivity index (χ0) is 16.0. The first-order chi connectivity index (χ1) is 10.5. The maximum absolute atomic E-state index is 12.0. The van der Waals surface area contributed by atoms with Crippen molar-refractivity contribution in [1.82, 2.24) is 15.4 Å². The van der Waals surface area contributed by atoms with Gasteiger partial charge < -0.3 is 10.6 Å². The predicted octanol–water partition coefficient (Wildman–Crippen LogP) is 0.877. The number of sulfonamides is 1. The maximum atomic E-state index is 12.0. The van der Waals surface area contributed by atoms with Crippen molar-refractivity contribution >= 4 is 27.5 Å². The SMILES string of the molecule is O=C(CCNS(=O)(=O)c1cccc(Cl)c1)N[C@H]1CCCNC1. The lowest BCUT2D eigenvalue weighted by Crippen LogP contribution is -2.46. The second-order valence-corrected chi connectivity index (χ2v) is 7.42. The molecule has 1 aliphatic heterocycles. The molecule has 0 unspecified atom stereocenters. The summed E-state index contributed by atoms with van der Waals surface area (Å²) in [6.45, 7) is 1.80.